The number of hydrogen-bond acceptors (Lipinski definition) is 5. The molecule has 0 fully saturated rings. The van der Waals surface area contributed by atoms with E-state index in [-0.39, 0.29) is 10.6 Å². The van der Waals surface area contributed by atoms with Crippen LogP contribution in [0, 0.1) is 0 Å². The van der Waals surface area contributed by atoms with Crippen molar-refractivity contribution in [2.24, 2.45) is 0 Å². The molecular formula is C20H19N5O3S. The van der Waals surface area contributed by atoms with E-state index >= 15 is 0 Å². The average molecular weight is 409 g/mol. The molecule has 0 radical (unpaired) electrons. The molecule has 9 heteroatoms. The maximum Gasteiger partial charge on any atom is 0.323 e. The monoisotopic (exact) mass is 409 g/mol. The fourth-order valence-corrected chi connectivity index (χ4v) is 5.15. The lowest BCUT2D eigenvalue weighted by molar-refractivity contribution is 0.370. The maximum absolute atomic E-state index is 13.5. The molecule has 29 heavy (non-hydrogen) atoms. The zero-order chi connectivity index (χ0) is 20.2. The van der Waals surface area contributed by atoms with Crippen LogP contribution in [0.15, 0.2) is 58.5 Å². The van der Waals surface area contributed by atoms with Gasteiger partial charge in [0.1, 0.15) is 0 Å². The van der Waals surface area contributed by atoms with Gasteiger partial charge >= 0.3 is 5.69 Å². The van der Waals surface area contributed by atoms with E-state index in [1.54, 1.807) is 30.6 Å². The van der Waals surface area contributed by atoms with E-state index in [9.17, 15) is 13.2 Å². The average Bonchev–Trinajstić information content (AvgIpc) is 3.28. The van der Waals surface area contributed by atoms with Crippen LogP contribution in [-0.4, -0.2) is 52.4 Å². The van der Waals surface area contributed by atoms with Crippen LogP contribution in [0.5, 0.6) is 0 Å². The van der Waals surface area contributed by atoms with Crippen molar-refractivity contribution in [1.82, 2.24) is 23.8 Å². The Morgan fingerprint density at radius 3 is 2.76 bits per heavy atom. The van der Waals surface area contributed by atoms with E-state index in [0.717, 1.165) is 30.6 Å². The zero-order valence-corrected chi connectivity index (χ0v) is 16.5. The Kier molecular flexibility index (Phi) is 3.97. The van der Waals surface area contributed by atoms with Gasteiger partial charge in [-0.15, -0.1) is 0 Å². The molecule has 148 valence electrons. The van der Waals surface area contributed by atoms with Gasteiger partial charge < -0.3 is 14.9 Å². The third-order valence-corrected chi connectivity index (χ3v) is 7.00. The minimum atomic E-state index is -3.87. The Bertz CT molecular complexity index is 1440. The predicted molar refractivity (Wildman–Crippen MR) is 111 cm³/mol. The van der Waals surface area contributed by atoms with Gasteiger partial charge in [-0.05, 0) is 49.4 Å². The number of likely N-dealkylation sites (N-methyl/N-ethyl adjacent to an activating group) is 1. The molecule has 0 unspecified atom stereocenters. The molecule has 1 aliphatic rings. The summed E-state index contributed by atoms with van der Waals surface area (Å²) in [6.45, 7) is 1.73. The van der Waals surface area contributed by atoms with Crippen molar-refractivity contribution < 1.29 is 8.42 Å². The third kappa shape index (κ3) is 2.90. The summed E-state index contributed by atoms with van der Waals surface area (Å²) in [5, 5.41) is 0. The van der Waals surface area contributed by atoms with Crippen molar-refractivity contribution >= 4 is 37.7 Å². The molecule has 1 aromatic carbocycles. The molecule has 8 nitrogen and oxygen atoms in total. The summed E-state index contributed by atoms with van der Waals surface area (Å²) in [5.74, 6) is 0. The SMILES string of the molecule is CN1CC=C(c2cn(S(=O)(=O)c3ccc4[nH]c(=O)[nH]c4c3)c3cccnc23)CC1. The number of H-pyrrole nitrogens is 2. The summed E-state index contributed by atoms with van der Waals surface area (Å²) in [6.07, 6.45) is 6.30. The number of benzene rings is 1. The minimum absolute atomic E-state index is 0.102. The van der Waals surface area contributed by atoms with E-state index in [4.69, 9.17) is 0 Å². The smallest absolute Gasteiger partial charge is 0.306 e. The lowest BCUT2D eigenvalue weighted by Crippen LogP contribution is -2.23. The number of fused-ring (bicyclic) bond motifs is 2. The van der Waals surface area contributed by atoms with Crippen LogP contribution >= 0.6 is 0 Å². The maximum atomic E-state index is 13.5. The number of pyridine rings is 1. The molecule has 0 saturated carbocycles. The number of nitrogens with zero attached hydrogens (tertiary/aromatic N) is 3. The second-order valence-electron chi connectivity index (χ2n) is 7.24. The van der Waals surface area contributed by atoms with Crippen LogP contribution < -0.4 is 5.69 Å². The standard InChI is InChI=1S/C20H19N5O3S/c1-24-9-6-13(7-10-24)15-12-25(18-3-2-8-21-19(15)18)29(27,28)14-4-5-16-17(11-14)23-20(26)22-16/h2-6,8,11-12H,7,9-10H2,1H3,(H2,22,23,26). The number of aromatic nitrogens is 4. The fraction of sp³-hybridized carbons (Fsp3) is 0.200. The Morgan fingerprint density at radius 2 is 1.97 bits per heavy atom. The molecule has 1 aliphatic heterocycles. The second kappa shape index (κ2) is 6.43. The molecule has 2 N–H and O–H groups in total. The number of imidazole rings is 1. The highest BCUT2D eigenvalue weighted by Crippen LogP contribution is 2.32. The van der Waals surface area contributed by atoms with Crippen LogP contribution in [0.3, 0.4) is 0 Å². The van der Waals surface area contributed by atoms with Crippen molar-refractivity contribution in [2.45, 2.75) is 11.3 Å². The first kappa shape index (κ1) is 17.9. The van der Waals surface area contributed by atoms with Crippen LogP contribution in [-0.2, 0) is 10.0 Å². The van der Waals surface area contributed by atoms with Crippen molar-refractivity contribution in [3.8, 4) is 0 Å². The summed E-state index contributed by atoms with van der Waals surface area (Å²) >= 11 is 0. The summed E-state index contributed by atoms with van der Waals surface area (Å²) in [4.78, 5) is 23.5. The van der Waals surface area contributed by atoms with Gasteiger partial charge in [-0.2, -0.15) is 0 Å². The molecule has 0 aliphatic carbocycles. The van der Waals surface area contributed by atoms with Crippen molar-refractivity contribution in [3.05, 3.63) is 64.8 Å². The topological polar surface area (TPSA) is 104 Å². The van der Waals surface area contributed by atoms with Gasteiger partial charge in [0, 0.05) is 31.0 Å². The Balaban J connectivity index is 1.70. The van der Waals surface area contributed by atoms with Gasteiger partial charge in [0.05, 0.1) is 27.0 Å². The van der Waals surface area contributed by atoms with Gasteiger partial charge in [0.25, 0.3) is 10.0 Å². The quantitative estimate of drug-likeness (QED) is 0.540. The van der Waals surface area contributed by atoms with Crippen LogP contribution in [0.25, 0.3) is 27.6 Å². The number of aromatic amines is 2. The highest BCUT2D eigenvalue weighted by atomic mass is 32.2. The van der Waals surface area contributed by atoms with Crippen LogP contribution in [0.2, 0.25) is 0 Å². The first-order valence-electron chi connectivity index (χ1n) is 9.25. The lowest BCUT2D eigenvalue weighted by Gasteiger charge is -2.21. The molecule has 0 amide bonds. The highest BCUT2D eigenvalue weighted by molar-refractivity contribution is 7.90. The summed E-state index contributed by atoms with van der Waals surface area (Å²) in [5.41, 5.74) is 3.78. The predicted octanol–water partition coefficient (Wildman–Crippen LogP) is 2.16. The van der Waals surface area contributed by atoms with Crippen LogP contribution in [0.1, 0.15) is 12.0 Å². The Morgan fingerprint density at radius 1 is 1.14 bits per heavy atom. The Hall–Kier alpha value is -3.17. The summed E-state index contributed by atoms with van der Waals surface area (Å²) in [6, 6.07) is 8.05. The van der Waals surface area contributed by atoms with E-state index in [1.807, 2.05) is 0 Å². The van der Waals surface area contributed by atoms with Gasteiger partial charge in [0.2, 0.25) is 0 Å². The molecule has 4 aromatic rings. The van der Waals surface area contributed by atoms with Crippen LogP contribution in [0.4, 0.5) is 0 Å². The van der Waals surface area contributed by atoms with Gasteiger partial charge in [-0.1, -0.05) is 6.08 Å². The first-order valence-corrected chi connectivity index (χ1v) is 10.7. The lowest BCUT2D eigenvalue weighted by atomic mass is 10.0. The fourth-order valence-electron chi connectivity index (χ4n) is 3.76. The Labute approximate surface area is 166 Å². The number of rotatable bonds is 3. The summed E-state index contributed by atoms with van der Waals surface area (Å²) in [7, 11) is -1.82. The highest BCUT2D eigenvalue weighted by Gasteiger charge is 2.24. The molecular weight excluding hydrogens is 390 g/mol. The zero-order valence-electron chi connectivity index (χ0n) is 15.7. The van der Waals surface area contributed by atoms with Crippen molar-refractivity contribution in [3.63, 3.8) is 0 Å². The molecule has 5 rings (SSSR count). The number of nitrogens with one attached hydrogen (secondary N) is 2. The normalized spacial score (nSPS) is 15.8. The summed E-state index contributed by atoms with van der Waals surface area (Å²) < 4.78 is 28.2. The molecule has 0 bridgehead atoms. The first-order chi connectivity index (χ1) is 13.9. The minimum Gasteiger partial charge on any atom is -0.306 e. The number of hydrogen-bond donors (Lipinski definition) is 2. The third-order valence-electron chi connectivity index (χ3n) is 5.33. The molecule has 0 atom stereocenters. The largest absolute Gasteiger partial charge is 0.323 e. The van der Waals surface area contributed by atoms with E-state index < -0.39 is 10.0 Å². The van der Waals surface area contributed by atoms with Crippen molar-refractivity contribution in [2.75, 3.05) is 20.1 Å². The van der Waals surface area contributed by atoms with Crippen molar-refractivity contribution in [1.29, 1.82) is 0 Å². The molecule has 4 heterocycles. The molecule has 0 saturated heterocycles. The van der Waals surface area contributed by atoms with Gasteiger partial charge in [-0.25, -0.2) is 17.2 Å². The molecule has 3 aromatic heterocycles. The van der Waals surface area contributed by atoms with E-state index in [1.165, 1.54) is 16.1 Å². The second-order valence-corrected chi connectivity index (χ2v) is 9.06. The van der Waals surface area contributed by atoms with Gasteiger partial charge in [-0.3, -0.25) is 4.98 Å². The van der Waals surface area contributed by atoms with E-state index in [2.05, 4.69) is 33.0 Å². The van der Waals surface area contributed by atoms with E-state index in [0.29, 0.717) is 22.1 Å². The molecule has 0 spiro atoms. The van der Waals surface area contributed by atoms with Gasteiger partial charge in [0.15, 0.2) is 0 Å².